The Morgan fingerprint density at radius 3 is 2.53 bits per heavy atom. The zero-order chi connectivity index (χ0) is 12.7. The van der Waals surface area contributed by atoms with Crippen LogP contribution in [0.2, 0.25) is 0 Å². The molecular formula is C13H22N2O2. The largest absolute Gasteiger partial charge is 0.497 e. The van der Waals surface area contributed by atoms with Crippen LogP contribution in [0.4, 0.5) is 0 Å². The van der Waals surface area contributed by atoms with Crippen LogP contribution in [0.3, 0.4) is 0 Å². The molecule has 1 rings (SSSR count). The predicted molar refractivity (Wildman–Crippen MR) is 69.6 cm³/mol. The van der Waals surface area contributed by atoms with Crippen LogP contribution in [-0.2, 0) is 6.54 Å². The highest BCUT2D eigenvalue weighted by molar-refractivity contribution is 5.40. The molecule has 0 unspecified atom stereocenters. The summed E-state index contributed by atoms with van der Waals surface area (Å²) in [6, 6.07) is 5.90. The maximum atomic E-state index is 5.58. The number of nitrogens with zero attached hydrogens (tertiary/aromatic N) is 1. The normalized spacial score (nSPS) is 10.6. The van der Waals surface area contributed by atoms with E-state index in [1.165, 1.54) is 0 Å². The lowest BCUT2D eigenvalue weighted by Crippen LogP contribution is -2.28. The first-order valence-electron chi connectivity index (χ1n) is 5.88. The highest BCUT2D eigenvalue weighted by atomic mass is 16.5. The van der Waals surface area contributed by atoms with E-state index in [0.29, 0.717) is 6.54 Å². The van der Waals surface area contributed by atoms with Gasteiger partial charge in [0.25, 0.3) is 0 Å². The summed E-state index contributed by atoms with van der Waals surface area (Å²) in [5.41, 5.74) is 6.74. The quantitative estimate of drug-likeness (QED) is 0.781. The minimum absolute atomic E-state index is 0.673. The average Bonchev–Trinajstić information content (AvgIpc) is 2.38. The summed E-state index contributed by atoms with van der Waals surface area (Å²) in [6.07, 6.45) is 0. The van der Waals surface area contributed by atoms with Crippen molar-refractivity contribution in [1.82, 2.24) is 4.90 Å². The highest BCUT2D eigenvalue weighted by Gasteiger charge is 2.08. The monoisotopic (exact) mass is 238 g/mol. The van der Waals surface area contributed by atoms with Crippen molar-refractivity contribution < 1.29 is 9.47 Å². The van der Waals surface area contributed by atoms with Crippen molar-refractivity contribution in [3.8, 4) is 11.5 Å². The second-order valence-electron chi connectivity index (χ2n) is 3.84. The van der Waals surface area contributed by atoms with Gasteiger partial charge in [-0.2, -0.15) is 0 Å². The number of ether oxygens (including phenoxy) is 2. The first-order valence-corrected chi connectivity index (χ1v) is 5.88. The maximum Gasteiger partial charge on any atom is 0.127 e. The number of methoxy groups -OCH3 is 2. The molecule has 0 aliphatic carbocycles. The molecule has 0 amide bonds. The van der Waals surface area contributed by atoms with Crippen molar-refractivity contribution in [2.24, 2.45) is 5.73 Å². The minimum atomic E-state index is 0.673. The fourth-order valence-electron chi connectivity index (χ4n) is 1.75. The van der Waals surface area contributed by atoms with Crippen LogP contribution in [0, 0.1) is 0 Å². The Kier molecular flexibility index (Phi) is 5.80. The van der Waals surface area contributed by atoms with Crippen LogP contribution in [0.25, 0.3) is 0 Å². The minimum Gasteiger partial charge on any atom is -0.497 e. The van der Waals surface area contributed by atoms with Gasteiger partial charge in [-0.15, -0.1) is 0 Å². The van der Waals surface area contributed by atoms with E-state index in [9.17, 15) is 0 Å². The Morgan fingerprint density at radius 2 is 2.00 bits per heavy atom. The predicted octanol–water partition coefficient (Wildman–Crippen LogP) is 1.48. The van der Waals surface area contributed by atoms with Gasteiger partial charge in [-0.1, -0.05) is 13.0 Å². The van der Waals surface area contributed by atoms with Gasteiger partial charge in [0.2, 0.25) is 0 Å². The summed E-state index contributed by atoms with van der Waals surface area (Å²) in [6.45, 7) is 5.52. The molecule has 96 valence electrons. The second kappa shape index (κ2) is 7.14. The molecule has 4 nitrogen and oxygen atoms in total. The van der Waals surface area contributed by atoms with Crippen LogP contribution in [-0.4, -0.2) is 38.8 Å². The Labute approximate surface area is 103 Å². The van der Waals surface area contributed by atoms with Gasteiger partial charge in [0.15, 0.2) is 0 Å². The molecular weight excluding hydrogens is 216 g/mol. The van der Waals surface area contributed by atoms with Crippen LogP contribution >= 0.6 is 0 Å². The number of likely N-dealkylation sites (N-methyl/N-ethyl adjacent to an activating group) is 1. The van der Waals surface area contributed by atoms with Crippen LogP contribution in [0.1, 0.15) is 12.5 Å². The van der Waals surface area contributed by atoms with Gasteiger partial charge in [0.05, 0.1) is 14.2 Å². The van der Waals surface area contributed by atoms with Crippen molar-refractivity contribution in [3.05, 3.63) is 23.8 Å². The fourth-order valence-corrected chi connectivity index (χ4v) is 1.75. The molecule has 0 aliphatic heterocycles. The standard InChI is InChI=1S/C13H22N2O2/c1-4-15(8-7-14)10-11-5-6-12(16-2)9-13(11)17-3/h5-6,9H,4,7-8,10,14H2,1-3H3. The lowest BCUT2D eigenvalue weighted by atomic mass is 10.1. The third-order valence-corrected chi connectivity index (χ3v) is 2.78. The number of benzene rings is 1. The Balaban J connectivity index is 2.81. The van der Waals surface area contributed by atoms with Gasteiger partial charge in [-0.25, -0.2) is 0 Å². The van der Waals surface area contributed by atoms with Crippen molar-refractivity contribution >= 4 is 0 Å². The molecule has 0 atom stereocenters. The molecule has 0 saturated heterocycles. The van der Waals surface area contributed by atoms with Crippen molar-refractivity contribution in [1.29, 1.82) is 0 Å². The van der Waals surface area contributed by atoms with Gasteiger partial charge in [0.1, 0.15) is 11.5 Å². The lowest BCUT2D eigenvalue weighted by molar-refractivity contribution is 0.281. The zero-order valence-electron chi connectivity index (χ0n) is 10.9. The van der Waals surface area contributed by atoms with Gasteiger partial charge in [-0.05, 0) is 12.6 Å². The molecule has 0 radical (unpaired) electrons. The topological polar surface area (TPSA) is 47.7 Å². The number of rotatable bonds is 7. The molecule has 4 heteroatoms. The summed E-state index contributed by atoms with van der Waals surface area (Å²) in [4.78, 5) is 2.28. The maximum absolute atomic E-state index is 5.58. The highest BCUT2D eigenvalue weighted by Crippen LogP contribution is 2.25. The van der Waals surface area contributed by atoms with Gasteiger partial charge >= 0.3 is 0 Å². The molecule has 1 aromatic rings. The van der Waals surface area contributed by atoms with Gasteiger partial charge in [-0.3, -0.25) is 4.90 Å². The van der Waals surface area contributed by atoms with E-state index in [2.05, 4.69) is 11.8 Å². The van der Waals surface area contributed by atoms with E-state index in [1.54, 1.807) is 14.2 Å². The number of hydrogen-bond acceptors (Lipinski definition) is 4. The summed E-state index contributed by atoms with van der Waals surface area (Å²) in [5.74, 6) is 1.67. The first-order chi connectivity index (χ1) is 8.24. The third-order valence-electron chi connectivity index (χ3n) is 2.78. The first kappa shape index (κ1) is 13.8. The molecule has 0 saturated carbocycles. The molecule has 0 fully saturated rings. The summed E-state index contributed by atoms with van der Waals surface area (Å²) >= 11 is 0. The summed E-state index contributed by atoms with van der Waals surface area (Å²) in [7, 11) is 3.33. The fraction of sp³-hybridized carbons (Fsp3) is 0.538. The van der Waals surface area contributed by atoms with E-state index in [0.717, 1.165) is 36.7 Å². The van der Waals surface area contributed by atoms with E-state index in [1.807, 2.05) is 18.2 Å². The van der Waals surface area contributed by atoms with Crippen molar-refractivity contribution in [2.75, 3.05) is 33.9 Å². The van der Waals surface area contributed by atoms with E-state index < -0.39 is 0 Å². The Hall–Kier alpha value is -1.26. The molecule has 0 bridgehead atoms. The second-order valence-corrected chi connectivity index (χ2v) is 3.84. The van der Waals surface area contributed by atoms with Gasteiger partial charge in [0, 0.05) is 31.3 Å². The SMILES string of the molecule is CCN(CCN)Cc1ccc(OC)cc1OC. The van der Waals surface area contributed by atoms with Crippen LogP contribution in [0.15, 0.2) is 18.2 Å². The third kappa shape index (κ3) is 3.91. The molecule has 0 heterocycles. The smallest absolute Gasteiger partial charge is 0.127 e. The van der Waals surface area contributed by atoms with Crippen molar-refractivity contribution in [2.45, 2.75) is 13.5 Å². The molecule has 0 aliphatic rings. The summed E-state index contributed by atoms with van der Waals surface area (Å²) in [5, 5.41) is 0. The summed E-state index contributed by atoms with van der Waals surface area (Å²) < 4.78 is 10.6. The number of hydrogen-bond donors (Lipinski definition) is 1. The average molecular weight is 238 g/mol. The van der Waals surface area contributed by atoms with Crippen LogP contribution in [0.5, 0.6) is 11.5 Å². The Bertz CT molecular complexity index is 342. The zero-order valence-corrected chi connectivity index (χ0v) is 10.9. The molecule has 2 N–H and O–H groups in total. The molecule has 1 aromatic carbocycles. The van der Waals surface area contributed by atoms with E-state index >= 15 is 0 Å². The molecule has 17 heavy (non-hydrogen) atoms. The number of nitrogens with two attached hydrogens (primary N) is 1. The van der Waals surface area contributed by atoms with E-state index in [-0.39, 0.29) is 0 Å². The van der Waals surface area contributed by atoms with Crippen LogP contribution < -0.4 is 15.2 Å². The molecule has 0 aromatic heterocycles. The van der Waals surface area contributed by atoms with Gasteiger partial charge < -0.3 is 15.2 Å². The lowest BCUT2D eigenvalue weighted by Gasteiger charge is -2.21. The molecule has 0 spiro atoms. The van der Waals surface area contributed by atoms with Crippen molar-refractivity contribution in [3.63, 3.8) is 0 Å². The Morgan fingerprint density at radius 1 is 1.24 bits per heavy atom. The van der Waals surface area contributed by atoms with E-state index in [4.69, 9.17) is 15.2 Å².